The van der Waals surface area contributed by atoms with E-state index in [1.807, 2.05) is 0 Å². The SMILES string of the molecule is O=C(NCc1cccc(C(F)(F)F)c1)NCc1ccccc1S(=O)(=O)N1CCOCC1. The summed E-state index contributed by atoms with van der Waals surface area (Å²) in [5, 5.41) is 5.03. The van der Waals surface area contributed by atoms with Crippen LogP contribution < -0.4 is 10.6 Å². The summed E-state index contributed by atoms with van der Waals surface area (Å²) in [5.74, 6) is 0. The maximum Gasteiger partial charge on any atom is 0.416 e. The number of carbonyl (C=O) groups excluding carboxylic acids is 1. The van der Waals surface area contributed by atoms with Crippen LogP contribution in [0.3, 0.4) is 0 Å². The summed E-state index contributed by atoms with van der Waals surface area (Å²) in [6, 6.07) is 10.4. The first-order chi connectivity index (χ1) is 14.7. The molecule has 1 fully saturated rings. The Morgan fingerprint density at radius 1 is 1.00 bits per heavy atom. The molecule has 1 saturated heterocycles. The lowest BCUT2D eigenvalue weighted by molar-refractivity contribution is -0.137. The van der Waals surface area contributed by atoms with E-state index in [0.717, 1.165) is 12.1 Å². The van der Waals surface area contributed by atoms with Gasteiger partial charge in [0.25, 0.3) is 0 Å². The van der Waals surface area contributed by atoms with E-state index in [0.29, 0.717) is 24.3 Å². The number of amides is 2. The van der Waals surface area contributed by atoms with Gasteiger partial charge < -0.3 is 15.4 Å². The number of halogens is 3. The van der Waals surface area contributed by atoms with Gasteiger partial charge in [-0.05, 0) is 29.3 Å². The zero-order chi connectivity index (χ0) is 22.5. The van der Waals surface area contributed by atoms with E-state index in [1.165, 1.54) is 22.5 Å². The van der Waals surface area contributed by atoms with E-state index >= 15 is 0 Å². The molecule has 31 heavy (non-hydrogen) atoms. The summed E-state index contributed by atoms with van der Waals surface area (Å²) in [6.45, 7) is 0.968. The Hall–Kier alpha value is -2.63. The van der Waals surface area contributed by atoms with Crippen molar-refractivity contribution in [3.8, 4) is 0 Å². The Balaban J connectivity index is 1.61. The van der Waals surface area contributed by atoms with E-state index in [-0.39, 0.29) is 31.1 Å². The van der Waals surface area contributed by atoms with Crippen LogP contribution in [0.1, 0.15) is 16.7 Å². The van der Waals surface area contributed by atoms with Crippen molar-refractivity contribution in [2.24, 2.45) is 0 Å². The highest BCUT2D eigenvalue weighted by Crippen LogP contribution is 2.29. The van der Waals surface area contributed by atoms with Gasteiger partial charge in [0.15, 0.2) is 0 Å². The largest absolute Gasteiger partial charge is 0.416 e. The number of rotatable bonds is 6. The summed E-state index contributed by atoms with van der Waals surface area (Å²) in [5.41, 5.74) is -0.0991. The fourth-order valence-corrected chi connectivity index (χ4v) is 4.74. The fourth-order valence-electron chi connectivity index (χ4n) is 3.11. The first-order valence-electron chi connectivity index (χ1n) is 9.51. The first kappa shape index (κ1) is 23.0. The molecule has 11 heteroatoms. The lowest BCUT2D eigenvalue weighted by Gasteiger charge is -2.27. The highest BCUT2D eigenvalue weighted by Gasteiger charge is 2.30. The highest BCUT2D eigenvalue weighted by molar-refractivity contribution is 7.89. The fraction of sp³-hybridized carbons (Fsp3) is 0.350. The summed E-state index contributed by atoms with van der Waals surface area (Å²) >= 11 is 0. The van der Waals surface area contributed by atoms with Crippen molar-refractivity contribution in [2.45, 2.75) is 24.2 Å². The van der Waals surface area contributed by atoms with Crippen molar-refractivity contribution in [3.63, 3.8) is 0 Å². The van der Waals surface area contributed by atoms with Gasteiger partial charge in [-0.25, -0.2) is 13.2 Å². The second-order valence-electron chi connectivity index (χ2n) is 6.86. The summed E-state index contributed by atoms with van der Waals surface area (Å²) in [4.78, 5) is 12.2. The van der Waals surface area contributed by atoms with E-state index in [1.54, 1.807) is 18.2 Å². The van der Waals surface area contributed by atoms with Crippen LogP contribution in [0.2, 0.25) is 0 Å². The number of sulfonamides is 1. The Morgan fingerprint density at radius 2 is 1.68 bits per heavy atom. The number of hydrogen-bond donors (Lipinski definition) is 2. The van der Waals surface area contributed by atoms with Crippen LogP contribution in [0.15, 0.2) is 53.4 Å². The number of morpholine rings is 1. The van der Waals surface area contributed by atoms with Gasteiger partial charge in [-0.15, -0.1) is 0 Å². The average Bonchev–Trinajstić information content (AvgIpc) is 2.76. The van der Waals surface area contributed by atoms with Crippen molar-refractivity contribution >= 4 is 16.1 Å². The number of ether oxygens (including phenoxy) is 1. The van der Waals surface area contributed by atoms with Crippen LogP contribution >= 0.6 is 0 Å². The minimum Gasteiger partial charge on any atom is -0.379 e. The lowest BCUT2D eigenvalue weighted by Crippen LogP contribution is -2.41. The Kier molecular flexibility index (Phi) is 7.19. The van der Waals surface area contributed by atoms with E-state index in [2.05, 4.69) is 10.6 Å². The number of nitrogens with zero attached hydrogens (tertiary/aromatic N) is 1. The van der Waals surface area contributed by atoms with Gasteiger partial charge in [0.2, 0.25) is 10.0 Å². The Morgan fingerprint density at radius 3 is 2.39 bits per heavy atom. The third-order valence-electron chi connectivity index (χ3n) is 4.71. The van der Waals surface area contributed by atoms with E-state index < -0.39 is 27.8 Å². The number of alkyl halides is 3. The highest BCUT2D eigenvalue weighted by atomic mass is 32.2. The van der Waals surface area contributed by atoms with Crippen molar-refractivity contribution < 1.29 is 31.1 Å². The predicted molar refractivity (Wildman–Crippen MR) is 107 cm³/mol. The van der Waals surface area contributed by atoms with Crippen LogP contribution in [-0.4, -0.2) is 45.1 Å². The number of carbonyl (C=O) groups is 1. The molecule has 1 aliphatic rings. The van der Waals surface area contributed by atoms with Crippen LogP contribution in [0, 0.1) is 0 Å². The molecule has 0 aliphatic carbocycles. The topological polar surface area (TPSA) is 87.7 Å². The van der Waals surface area contributed by atoms with Gasteiger partial charge in [-0.2, -0.15) is 17.5 Å². The molecule has 0 saturated carbocycles. The molecule has 0 atom stereocenters. The second-order valence-corrected chi connectivity index (χ2v) is 8.76. The molecule has 1 aliphatic heterocycles. The second kappa shape index (κ2) is 9.67. The molecule has 2 amide bonds. The van der Waals surface area contributed by atoms with Crippen molar-refractivity contribution in [1.82, 2.24) is 14.9 Å². The van der Waals surface area contributed by atoms with Gasteiger partial charge in [0.1, 0.15) is 0 Å². The molecule has 3 rings (SSSR count). The summed E-state index contributed by atoms with van der Waals surface area (Å²) < 4.78 is 70.7. The normalized spacial score (nSPS) is 15.5. The molecule has 168 valence electrons. The summed E-state index contributed by atoms with van der Waals surface area (Å²) in [6.07, 6.45) is -4.46. The molecule has 1 heterocycles. The minimum absolute atomic E-state index is 0.0613. The van der Waals surface area contributed by atoms with Crippen molar-refractivity contribution in [1.29, 1.82) is 0 Å². The summed E-state index contributed by atoms with van der Waals surface area (Å²) in [7, 11) is -3.74. The molecule has 2 aromatic rings. The molecular weight excluding hydrogens is 435 g/mol. The quantitative estimate of drug-likeness (QED) is 0.698. The molecule has 0 spiro atoms. The molecule has 7 nitrogen and oxygen atoms in total. The van der Waals surface area contributed by atoms with Gasteiger partial charge in [0.05, 0.1) is 23.7 Å². The van der Waals surface area contributed by atoms with Crippen LogP contribution in [0.25, 0.3) is 0 Å². The first-order valence-corrected chi connectivity index (χ1v) is 11.0. The smallest absolute Gasteiger partial charge is 0.379 e. The molecule has 2 N–H and O–H groups in total. The van der Waals surface area contributed by atoms with Gasteiger partial charge in [0, 0.05) is 26.2 Å². The number of nitrogens with one attached hydrogen (secondary N) is 2. The van der Waals surface area contributed by atoms with Crippen LogP contribution in [0.4, 0.5) is 18.0 Å². The molecular formula is C20H22F3N3O4S. The zero-order valence-electron chi connectivity index (χ0n) is 16.5. The number of benzene rings is 2. The maximum atomic E-state index is 12.9. The number of hydrogen-bond acceptors (Lipinski definition) is 4. The molecule has 2 aromatic carbocycles. The Bertz CT molecular complexity index is 1020. The van der Waals surface area contributed by atoms with Gasteiger partial charge in [-0.3, -0.25) is 0 Å². The monoisotopic (exact) mass is 457 g/mol. The molecule has 0 bridgehead atoms. The van der Waals surface area contributed by atoms with E-state index in [4.69, 9.17) is 4.74 Å². The molecule has 0 unspecified atom stereocenters. The van der Waals surface area contributed by atoms with Crippen molar-refractivity contribution in [3.05, 3.63) is 65.2 Å². The lowest BCUT2D eigenvalue weighted by atomic mass is 10.1. The van der Waals surface area contributed by atoms with Crippen LogP contribution in [0.5, 0.6) is 0 Å². The minimum atomic E-state index is -4.46. The van der Waals surface area contributed by atoms with Crippen molar-refractivity contribution in [2.75, 3.05) is 26.3 Å². The predicted octanol–water partition coefficient (Wildman–Crippen LogP) is 2.73. The van der Waals surface area contributed by atoms with Crippen LogP contribution in [-0.2, 0) is 34.0 Å². The van der Waals surface area contributed by atoms with Gasteiger partial charge >= 0.3 is 12.2 Å². The van der Waals surface area contributed by atoms with E-state index in [9.17, 15) is 26.4 Å². The maximum absolute atomic E-state index is 12.9. The average molecular weight is 457 g/mol. The zero-order valence-corrected chi connectivity index (χ0v) is 17.3. The standard InChI is InChI=1S/C20H22F3N3O4S/c21-20(22,23)17-6-3-4-15(12-17)13-24-19(27)25-14-16-5-1-2-7-18(16)31(28,29)26-8-10-30-11-9-26/h1-7,12H,8-11,13-14H2,(H2,24,25,27). The third-order valence-corrected chi connectivity index (χ3v) is 6.71. The molecule has 0 aromatic heterocycles. The third kappa shape index (κ3) is 5.96. The Labute approximate surface area is 178 Å². The molecule has 0 radical (unpaired) electrons. The van der Waals surface area contributed by atoms with Gasteiger partial charge in [-0.1, -0.05) is 30.3 Å². The number of urea groups is 1.